The second-order valence-electron chi connectivity index (χ2n) is 4.82. The molecule has 1 aromatic carbocycles. The van der Waals surface area contributed by atoms with Gasteiger partial charge in [0.2, 0.25) is 0 Å². The number of fused-ring (bicyclic) bond motifs is 1. The van der Waals surface area contributed by atoms with Crippen molar-refractivity contribution in [2.24, 2.45) is 5.92 Å². The molecule has 0 spiro atoms. The van der Waals surface area contributed by atoms with Crippen LogP contribution in [0.3, 0.4) is 0 Å². The zero-order chi connectivity index (χ0) is 12.6. The van der Waals surface area contributed by atoms with Gasteiger partial charge in [0.05, 0.1) is 5.39 Å². The molecule has 0 aliphatic carbocycles. The number of pyridine rings is 1. The van der Waals surface area contributed by atoms with Crippen molar-refractivity contribution in [3.05, 3.63) is 40.8 Å². The molecule has 3 heteroatoms. The van der Waals surface area contributed by atoms with Gasteiger partial charge in [-0.05, 0) is 30.4 Å². The summed E-state index contributed by atoms with van der Waals surface area (Å²) in [6.07, 6.45) is 1.86. The monoisotopic (exact) mass is 230 g/mol. The van der Waals surface area contributed by atoms with Gasteiger partial charge in [-0.2, -0.15) is 0 Å². The van der Waals surface area contributed by atoms with Gasteiger partial charge in [-0.1, -0.05) is 26.0 Å². The van der Waals surface area contributed by atoms with Crippen LogP contribution in [0.4, 0.5) is 5.69 Å². The summed E-state index contributed by atoms with van der Waals surface area (Å²) in [5.41, 5.74) is 6.44. The highest BCUT2D eigenvalue weighted by Crippen LogP contribution is 2.20. The van der Waals surface area contributed by atoms with Crippen LogP contribution >= 0.6 is 0 Å². The van der Waals surface area contributed by atoms with Crippen molar-refractivity contribution < 1.29 is 0 Å². The van der Waals surface area contributed by atoms with Crippen molar-refractivity contribution in [2.45, 2.75) is 26.8 Å². The maximum Gasteiger partial charge on any atom is 0.260 e. The standard InChI is InChI=1S/C14H18N2O/c1-9(2)10(3)16-8-7-11-5-4-6-12(15)13(11)14(16)17/h4-10H,15H2,1-3H3. The number of nitrogens with zero attached hydrogens (tertiary/aromatic N) is 1. The Kier molecular flexibility index (Phi) is 2.92. The van der Waals surface area contributed by atoms with E-state index in [2.05, 4.69) is 20.8 Å². The molecule has 1 aromatic heterocycles. The SMILES string of the molecule is CC(C)C(C)n1ccc2cccc(N)c2c1=O. The molecule has 2 rings (SSSR count). The molecule has 3 nitrogen and oxygen atoms in total. The smallest absolute Gasteiger partial charge is 0.260 e. The van der Waals surface area contributed by atoms with Crippen LogP contribution in [0.25, 0.3) is 10.8 Å². The van der Waals surface area contributed by atoms with Crippen LogP contribution in [0.5, 0.6) is 0 Å². The fourth-order valence-electron chi connectivity index (χ4n) is 1.97. The Morgan fingerprint density at radius 1 is 1.18 bits per heavy atom. The van der Waals surface area contributed by atoms with Crippen LogP contribution in [0.1, 0.15) is 26.8 Å². The van der Waals surface area contributed by atoms with Gasteiger partial charge in [-0.15, -0.1) is 0 Å². The fourth-order valence-corrected chi connectivity index (χ4v) is 1.97. The van der Waals surface area contributed by atoms with Crippen LogP contribution in [0, 0.1) is 5.92 Å². The lowest BCUT2D eigenvalue weighted by Gasteiger charge is -2.19. The van der Waals surface area contributed by atoms with Crippen molar-refractivity contribution >= 4 is 16.5 Å². The zero-order valence-corrected chi connectivity index (χ0v) is 10.5. The largest absolute Gasteiger partial charge is 0.398 e. The Hall–Kier alpha value is -1.77. The van der Waals surface area contributed by atoms with E-state index in [0.29, 0.717) is 17.0 Å². The summed E-state index contributed by atoms with van der Waals surface area (Å²) >= 11 is 0. The summed E-state index contributed by atoms with van der Waals surface area (Å²) in [7, 11) is 0. The van der Waals surface area contributed by atoms with Crippen LogP contribution < -0.4 is 11.3 Å². The van der Waals surface area contributed by atoms with Crippen LogP contribution in [0.15, 0.2) is 35.3 Å². The van der Waals surface area contributed by atoms with Crippen molar-refractivity contribution in [3.8, 4) is 0 Å². The minimum Gasteiger partial charge on any atom is -0.398 e. The summed E-state index contributed by atoms with van der Waals surface area (Å²) in [6.45, 7) is 6.27. The quantitative estimate of drug-likeness (QED) is 0.806. The van der Waals surface area contributed by atoms with Gasteiger partial charge in [-0.25, -0.2) is 0 Å². The maximum absolute atomic E-state index is 12.4. The number of nitrogens with two attached hydrogens (primary N) is 1. The van der Waals surface area contributed by atoms with Gasteiger partial charge < -0.3 is 10.3 Å². The van der Waals surface area contributed by atoms with Crippen LogP contribution in [-0.4, -0.2) is 4.57 Å². The summed E-state index contributed by atoms with van der Waals surface area (Å²) in [5.74, 6) is 0.412. The van der Waals surface area contributed by atoms with Gasteiger partial charge in [-0.3, -0.25) is 4.79 Å². The van der Waals surface area contributed by atoms with E-state index in [1.165, 1.54) is 0 Å². The van der Waals surface area contributed by atoms with E-state index in [1.807, 2.05) is 24.4 Å². The summed E-state index contributed by atoms with van der Waals surface area (Å²) in [5, 5.41) is 1.53. The summed E-state index contributed by atoms with van der Waals surface area (Å²) < 4.78 is 1.77. The highest BCUT2D eigenvalue weighted by molar-refractivity contribution is 5.91. The molecular formula is C14H18N2O. The molecule has 0 aliphatic heterocycles. The fraction of sp³-hybridized carbons (Fsp3) is 0.357. The molecular weight excluding hydrogens is 212 g/mol. The molecule has 0 fully saturated rings. The summed E-state index contributed by atoms with van der Waals surface area (Å²) in [6, 6.07) is 7.68. The Morgan fingerprint density at radius 3 is 2.53 bits per heavy atom. The molecule has 0 aliphatic rings. The average Bonchev–Trinajstić information content (AvgIpc) is 2.28. The lowest BCUT2D eigenvalue weighted by atomic mass is 10.1. The van der Waals surface area contributed by atoms with Gasteiger partial charge >= 0.3 is 0 Å². The molecule has 1 atom stereocenters. The van der Waals surface area contributed by atoms with Crippen molar-refractivity contribution in [1.29, 1.82) is 0 Å². The first-order chi connectivity index (χ1) is 8.02. The minimum atomic E-state index is 0.00167. The van der Waals surface area contributed by atoms with E-state index in [4.69, 9.17) is 5.73 Å². The predicted molar refractivity (Wildman–Crippen MR) is 72.2 cm³/mol. The molecule has 0 saturated heterocycles. The first-order valence-corrected chi connectivity index (χ1v) is 5.91. The van der Waals surface area contributed by atoms with Crippen molar-refractivity contribution in [3.63, 3.8) is 0 Å². The number of hydrogen-bond acceptors (Lipinski definition) is 2. The van der Waals surface area contributed by atoms with Crippen molar-refractivity contribution in [2.75, 3.05) is 5.73 Å². The van der Waals surface area contributed by atoms with E-state index in [-0.39, 0.29) is 11.6 Å². The van der Waals surface area contributed by atoms with E-state index >= 15 is 0 Å². The Bertz CT molecular complexity index is 599. The number of aromatic nitrogens is 1. The van der Waals surface area contributed by atoms with Crippen LogP contribution in [-0.2, 0) is 0 Å². The molecule has 0 saturated carbocycles. The van der Waals surface area contributed by atoms with Crippen molar-refractivity contribution in [1.82, 2.24) is 4.57 Å². The number of rotatable bonds is 2. The number of nitrogen functional groups attached to an aromatic ring is 1. The Labute approximate surface area is 101 Å². The lowest BCUT2D eigenvalue weighted by Crippen LogP contribution is -2.26. The molecule has 90 valence electrons. The molecule has 2 N–H and O–H groups in total. The Morgan fingerprint density at radius 2 is 1.88 bits per heavy atom. The van der Waals surface area contributed by atoms with Gasteiger partial charge in [0.25, 0.3) is 5.56 Å². The topological polar surface area (TPSA) is 48.0 Å². The van der Waals surface area contributed by atoms with Gasteiger partial charge in [0, 0.05) is 17.9 Å². The molecule has 0 bridgehead atoms. The molecule has 17 heavy (non-hydrogen) atoms. The number of anilines is 1. The second kappa shape index (κ2) is 4.24. The third kappa shape index (κ3) is 1.93. The Balaban J connectivity index is 2.74. The van der Waals surface area contributed by atoms with E-state index < -0.39 is 0 Å². The highest BCUT2D eigenvalue weighted by atomic mass is 16.1. The molecule has 1 unspecified atom stereocenters. The highest BCUT2D eigenvalue weighted by Gasteiger charge is 2.13. The molecule has 0 radical (unpaired) electrons. The molecule has 2 aromatic rings. The average molecular weight is 230 g/mol. The molecule has 1 heterocycles. The number of benzene rings is 1. The maximum atomic E-state index is 12.4. The lowest BCUT2D eigenvalue weighted by molar-refractivity contribution is 0.400. The normalized spacial score (nSPS) is 13.2. The predicted octanol–water partition coefficient (Wildman–Crippen LogP) is 2.80. The van der Waals surface area contributed by atoms with E-state index in [0.717, 1.165) is 5.39 Å². The third-order valence-electron chi connectivity index (χ3n) is 3.40. The molecule has 0 amide bonds. The van der Waals surface area contributed by atoms with Gasteiger partial charge in [0.15, 0.2) is 0 Å². The minimum absolute atomic E-state index is 0.00167. The van der Waals surface area contributed by atoms with Crippen LogP contribution in [0.2, 0.25) is 0 Å². The van der Waals surface area contributed by atoms with E-state index in [9.17, 15) is 4.79 Å². The summed E-state index contributed by atoms with van der Waals surface area (Å²) in [4.78, 5) is 12.4. The third-order valence-corrected chi connectivity index (χ3v) is 3.40. The zero-order valence-electron chi connectivity index (χ0n) is 10.5. The van der Waals surface area contributed by atoms with Gasteiger partial charge in [0.1, 0.15) is 0 Å². The van der Waals surface area contributed by atoms with E-state index in [1.54, 1.807) is 10.6 Å². The number of hydrogen-bond donors (Lipinski definition) is 1. The first kappa shape index (κ1) is 11.7. The first-order valence-electron chi connectivity index (χ1n) is 5.91. The second-order valence-corrected chi connectivity index (χ2v) is 4.82.